The van der Waals surface area contributed by atoms with Crippen LogP contribution in [0.5, 0.6) is 5.75 Å². The minimum atomic E-state index is -0.716. The molecular formula is C26H21N3O5S2. The highest BCUT2D eigenvalue weighted by atomic mass is 32.1. The average Bonchev–Trinajstić information content (AvgIpc) is 3.56. The van der Waals surface area contributed by atoms with Gasteiger partial charge in [-0.3, -0.25) is 9.69 Å². The van der Waals surface area contributed by atoms with E-state index in [-0.39, 0.29) is 16.6 Å². The van der Waals surface area contributed by atoms with Crippen LogP contribution in [0.1, 0.15) is 32.0 Å². The maximum Gasteiger partial charge on any atom is 0.350 e. The zero-order valence-electron chi connectivity index (χ0n) is 19.4. The average molecular weight is 520 g/mol. The molecule has 0 unspecified atom stereocenters. The second kappa shape index (κ2) is 9.56. The first-order valence-corrected chi connectivity index (χ1v) is 12.6. The van der Waals surface area contributed by atoms with Crippen LogP contribution >= 0.6 is 22.7 Å². The molecule has 0 saturated heterocycles. The second-order valence-corrected chi connectivity index (χ2v) is 9.91. The molecule has 4 aromatic rings. The Morgan fingerprint density at radius 2 is 1.92 bits per heavy atom. The van der Waals surface area contributed by atoms with Crippen LogP contribution in [0.2, 0.25) is 0 Å². The van der Waals surface area contributed by atoms with E-state index in [4.69, 9.17) is 14.5 Å². The number of hydrogen-bond donors (Lipinski definition) is 1. The molecule has 3 heterocycles. The van der Waals surface area contributed by atoms with Crippen LogP contribution in [0.4, 0.5) is 5.13 Å². The number of fused-ring (bicyclic) bond motifs is 1. The van der Waals surface area contributed by atoms with Gasteiger partial charge in [-0.05, 0) is 36.8 Å². The summed E-state index contributed by atoms with van der Waals surface area (Å²) in [6.45, 7) is 5.29. The molecule has 36 heavy (non-hydrogen) atoms. The first-order valence-electron chi connectivity index (χ1n) is 10.9. The summed E-state index contributed by atoms with van der Waals surface area (Å²) in [7, 11) is 1.57. The van der Waals surface area contributed by atoms with E-state index in [1.54, 1.807) is 26.2 Å². The molecule has 10 heteroatoms. The summed E-state index contributed by atoms with van der Waals surface area (Å²) in [5, 5.41) is 11.9. The molecule has 8 nitrogen and oxygen atoms in total. The Kier molecular flexibility index (Phi) is 6.29. The molecular weight excluding hydrogens is 498 g/mol. The van der Waals surface area contributed by atoms with E-state index in [2.05, 4.69) is 11.6 Å². The van der Waals surface area contributed by atoms with Gasteiger partial charge in [0.15, 0.2) is 10.9 Å². The van der Waals surface area contributed by atoms with Crippen LogP contribution in [0.3, 0.4) is 0 Å². The summed E-state index contributed by atoms with van der Waals surface area (Å²) in [5.41, 5.74) is 2.31. The highest BCUT2D eigenvalue weighted by molar-refractivity contribution is 7.19. The lowest BCUT2D eigenvalue weighted by Gasteiger charge is -2.24. The quantitative estimate of drug-likeness (QED) is 0.255. The third-order valence-electron chi connectivity index (χ3n) is 5.67. The van der Waals surface area contributed by atoms with Gasteiger partial charge in [-0.15, -0.1) is 11.3 Å². The van der Waals surface area contributed by atoms with Crippen molar-refractivity contribution in [2.24, 2.45) is 0 Å². The third kappa shape index (κ3) is 4.04. The largest absolute Gasteiger partial charge is 0.503 e. The molecule has 0 saturated carbocycles. The van der Waals surface area contributed by atoms with Gasteiger partial charge in [-0.1, -0.05) is 48.3 Å². The molecule has 2 aromatic carbocycles. The first-order chi connectivity index (χ1) is 17.4. The number of aryl methyl sites for hydroxylation is 1. The van der Waals surface area contributed by atoms with Crippen LogP contribution in [-0.2, 0) is 9.53 Å². The van der Waals surface area contributed by atoms with Crippen molar-refractivity contribution < 1.29 is 24.2 Å². The van der Waals surface area contributed by atoms with Gasteiger partial charge in [0.05, 0.1) is 34.6 Å². The van der Waals surface area contributed by atoms with Crippen LogP contribution in [0, 0.1) is 6.92 Å². The monoisotopic (exact) mass is 519 g/mol. The second-order valence-electron chi connectivity index (χ2n) is 7.90. The number of ether oxygens (including phenoxy) is 2. The minimum absolute atomic E-state index is 0.0622. The van der Waals surface area contributed by atoms with Gasteiger partial charge in [0.1, 0.15) is 22.2 Å². The number of aromatic nitrogens is 2. The number of hydrogen-bond acceptors (Lipinski definition) is 9. The number of benzene rings is 2. The summed E-state index contributed by atoms with van der Waals surface area (Å²) in [6, 6.07) is 14.1. The van der Waals surface area contributed by atoms with Crippen molar-refractivity contribution in [3.63, 3.8) is 0 Å². The van der Waals surface area contributed by atoms with Crippen molar-refractivity contribution in [2.45, 2.75) is 13.0 Å². The molecule has 0 aliphatic carbocycles. The van der Waals surface area contributed by atoms with Gasteiger partial charge in [-0.2, -0.15) is 0 Å². The van der Waals surface area contributed by atoms with Crippen molar-refractivity contribution in [3.8, 4) is 5.75 Å². The molecule has 1 atom stereocenters. The maximum atomic E-state index is 13.5. The van der Waals surface area contributed by atoms with E-state index >= 15 is 0 Å². The first kappa shape index (κ1) is 23.7. The van der Waals surface area contributed by atoms with Crippen LogP contribution < -0.4 is 9.64 Å². The fourth-order valence-corrected chi connectivity index (χ4v) is 6.01. The number of carbonyl (C=O) groups excluding carboxylic acids is 2. The minimum Gasteiger partial charge on any atom is -0.503 e. The van der Waals surface area contributed by atoms with Crippen LogP contribution in [0.15, 0.2) is 66.9 Å². The number of methoxy groups -OCH3 is 1. The number of anilines is 1. The zero-order chi connectivity index (χ0) is 25.4. The summed E-state index contributed by atoms with van der Waals surface area (Å²) >= 11 is 2.43. The standard InChI is InChI=1S/C26H21N3O5S2/c1-4-13-34-25(32)22-14(2)27-26(36-22)29-20(15-9-11-16(33-3)12-10-15)19(21(30)24(29)31)23-28-17-7-5-6-8-18(17)35-23/h4-12,20,30H,1,13H2,2-3H3/t20-/m0/s1. The Morgan fingerprint density at radius 3 is 2.61 bits per heavy atom. The maximum absolute atomic E-state index is 13.5. The number of aliphatic hydroxyl groups excluding tert-OH is 1. The lowest BCUT2D eigenvalue weighted by atomic mass is 10.00. The van der Waals surface area contributed by atoms with Gasteiger partial charge in [0.2, 0.25) is 0 Å². The van der Waals surface area contributed by atoms with E-state index < -0.39 is 23.7 Å². The number of esters is 1. The Labute approximate surface area is 214 Å². The number of aliphatic hydroxyl groups is 1. The van der Waals surface area contributed by atoms with E-state index in [0.717, 1.165) is 27.1 Å². The molecule has 1 amide bonds. The van der Waals surface area contributed by atoms with Crippen molar-refractivity contribution in [3.05, 3.63) is 88.1 Å². The van der Waals surface area contributed by atoms with Gasteiger partial charge in [-0.25, -0.2) is 14.8 Å². The summed E-state index contributed by atoms with van der Waals surface area (Å²) < 4.78 is 11.4. The summed E-state index contributed by atoms with van der Waals surface area (Å²) in [6.07, 6.45) is 1.48. The molecule has 0 spiro atoms. The van der Waals surface area contributed by atoms with Crippen molar-refractivity contribution in [2.75, 3.05) is 18.6 Å². The Hall–Kier alpha value is -4.02. The Morgan fingerprint density at radius 1 is 1.17 bits per heavy atom. The number of thiazole rings is 2. The lowest BCUT2D eigenvalue weighted by Crippen LogP contribution is -2.30. The lowest BCUT2D eigenvalue weighted by molar-refractivity contribution is -0.117. The van der Waals surface area contributed by atoms with Crippen LogP contribution in [-0.4, -0.2) is 40.7 Å². The number of amides is 1. The highest BCUT2D eigenvalue weighted by Gasteiger charge is 2.45. The van der Waals surface area contributed by atoms with Crippen molar-refractivity contribution >= 4 is 55.5 Å². The fourth-order valence-electron chi connectivity index (χ4n) is 3.98. The summed E-state index contributed by atoms with van der Waals surface area (Å²) in [5.74, 6) is -0.919. The number of para-hydroxylation sites is 1. The molecule has 5 rings (SSSR count). The molecule has 0 radical (unpaired) electrons. The predicted molar refractivity (Wildman–Crippen MR) is 140 cm³/mol. The van der Waals surface area contributed by atoms with Gasteiger partial charge in [0, 0.05) is 0 Å². The van der Waals surface area contributed by atoms with Gasteiger partial charge in [0.25, 0.3) is 5.91 Å². The summed E-state index contributed by atoms with van der Waals surface area (Å²) in [4.78, 5) is 36.9. The highest BCUT2D eigenvalue weighted by Crippen LogP contribution is 2.48. The van der Waals surface area contributed by atoms with E-state index in [9.17, 15) is 14.7 Å². The predicted octanol–water partition coefficient (Wildman–Crippen LogP) is 5.47. The molecule has 182 valence electrons. The van der Waals surface area contributed by atoms with E-state index in [0.29, 0.717) is 22.0 Å². The van der Waals surface area contributed by atoms with Gasteiger partial charge < -0.3 is 14.6 Å². The Bertz CT molecular complexity index is 1490. The number of rotatable bonds is 7. The number of nitrogens with zero attached hydrogens (tertiary/aromatic N) is 3. The molecule has 1 N–H and O–H groups in total. The zero-order valence-corrected chi connectivity index (χ0v) is 21.1. The SMILES string of the molecule is C=CCOC(=O)c1sc(N2C(=O)C(O)=C(c3nc4ccccc4s3)[C@@H]2c2ccc(OC)cc2)nc1C. The van der Waals surface area contributed by atoms with Gasteiger partial charge >= 0.3 is 5.97 Å². The molecule has 1 aliphatic heterocycles. The topological polar surface area (TPSA) is 102 Å². The fraction of sp³-hybridized carbons (Fsp3) is 0.154. The van der Waals surface area contributed by atoms with Crippen molar-refractivity contribution in [1.29, 1.82) is 0 Å². The van der Waals surface area contributed by atoms with Crippen LogP contribution in [0.25, 0.3) is 15.8 Å². The molecule has 0 fully saturated rings. The van der Waals surface area contributed by atoms with E-state index in [1.807, 2.05) is 36.4 Å². The van der Waals surface area contributed by atoms with Crippen molar-refractivity contribution in [1.82, 2.24) is 9.97 Å². The Balaban J connectivity index is 1.64. The molecule has 0 bridgehead atoms. The normalized spacial score (nSPS) is 15.6. The smallest absolute Gasteiger partial charge is 0.350 e. The molecule has 2 aromatic heterocycles. The van der Waals surface area contributed by atoms with E-state index in [1.165, 1.54) is 22.3 Å². The third-order valence-corrected chi connectivity index (χ3v) is 7.88. The number of carbonyl (C=O) groups is 2. The molecule has 1 aliphatic rings.